The SMILES string of the molecule is O=C1CCCC2=C1[C@@H](c1ccc(OC(F)(F)F)cc1)Nc1ccc(C(=O)c3ccccc3)cc1N2. The molecule has 1 heterocycles. The molecule has 1 aliphatic carbocycles. The molecule has 2 aliphatic rings. The lowest BCUT2D eigenvalue weighted by Crippen LogP contribution is -2.23. The number of hydrogen-bond donors (Lipinski definition) is 2. The highest BCUT2D eigenvalue weighted by molar-refractivity contribution is 6.10. The molecule has 8 heteroatoms. The molecule has 5 rings (SSSR count). The zero-order chi connectivity index (χ0) is 24.6. The van der Waals surface area contributed by atoms with Gasteiger partial charge in [0.2, 0.25) is 0 Å². The number of alkyl halides is 3. The summed E-state index contributed by atoms with van der Waals surface area (Å²) in [7, 11) is 0. The molecular weight excluding hydrogens is 457 g/mol. The molecule has 0 unspecified atom stereocenters. The molecule has 0 amide bonds. The van der Waals surface area contributed by atoms with E-state index in [1.54, 1.807) is 42.5 Å². The smallest absolute Gasteiger partial charge is 0.406 e. The average Bonchev–Trinajstić information content (AvgIpc) is 3.00. The van der Waals surface area contributed by atoms with Crippen molar-refractivity contribution in [2.75, 3.05) is 10.6 Å². The number of hydrogen-bond acceptors (Lipinski definition) is 5. The summed E-state index contributed by atoms with van der Waals surface area (Å²) >= 11 is 0. The van der Waals surface area contributed by atoms with Gasteiger partial charge in [0, 0.05) is 28.8 Å². The molecule has 2 N–H and O–H groups in total. The van der Waals surface area contributed by atoms with E-state index in [1.165, 1.54) is 24.3 Å². The summed E-state index contributed by atoms with van der Waals surface area (Å²) < 4.78 is 41.7. The lowest BCUT2D eigenvalue weighted by molar-refractivity contribution is -0.274. The molecule has 1 atom stereocenters. The van der Waals surface area contributed by atoms with Crippen LogP contribution < -0.4 is 15.4 Å². The second-order valence-electron chi connectivity index (χ2n) is 8.44. The Bertz CT molecular complexity index is 1320. The van der Waals surface area contributed by atoms with Crippen LogP contribution in [0.3, 0.4) is 0 Å². The number of benzene rings is 3. The van der Waals surface area contributed by atoms with E-state index in [-0.39, 0.29) is 17.3 Å². The van der Waals surface area contributed by atoms with Gasteiger partial charge < -0.3 is 15.4 Å². The van der Waals surface area contributed by atoms with E-state index in [0.29, 0.717) is 52.9 Å². The minimum Gasteiger partial charge on any atom is -0.406 e. The fourth-order valence-corrected chi connectivity index (χ4v) is 4.50. The van der Waals surface area contributed by atoms with E-state index < -0.39 is 12.4 Å². The van der Waals surface area contributed by atoms with Gasteiger partial charge in [-0.25, -0.2) is 0 Å². The highest BCUT2D eigenvalue weighted by Gasteiger charge is 2.33. The van der Waals surface area contributed by atoms with Crippen molar-refractivity contribution in [1.82, 2.24) is 0 Å². The number of anilines is 2. The first-order valence-corrected chi connectivity index (χ1v) is 11.2. The Labute approximate surface area is 199 Å². The van der Waals surface area contributed by atoms with E-state index in [4.69, 9.17) is 0 Å². The standard InChI is InChI=1S/C27H21F3N2O3/c28-27(29,30)35-19-12-9-16(10-13-19)25-24-21(7-4-8-23(24)33)31-22-15-18(11-14-20(22)32-25)26(34)17-5-2-1-3-6-17/h1-3,5-6,9-15,25,31-32H,4,7-8H2/t25-/m1/s1. The lowest BCUT2D eigenvalue weighted by atomic mass is 9.86. The van der Waals surface area contributed by atoms with Crippen LogP contribution in [-0.4, -0.2) is 17.9 Å². The predicted molar refractivity (Wildman–Crippen MR) is 125 cm³/mol. The minimum absolute atomic E-state index is 0.0275. The van der Waals surface area contributed by atoms with E-state index in [2.05, 4.69) is 15.4 Å². The van der Waals surface area contributed by atoms with Crippen molar-refractivity contribution in [1.29, 1.82) is 0 Å². The molecular formula is C27H21F3N2O3. The third kappa shape index (κ3) is 4.77. The fourth-order valence-electron chi connectivity index (χ4n) is 4.50. The van der Waals surface area contributed by atoms with Crippen LogP contribution in [-0.2, 0) is 4.79 Å². The Kier molecular flexibility index (Phi) is 5.80. The van der Waals surface area contributed by atoms with E-state index in [1.807, 2.05) is 6.07 Å². The van der Waals surface area contributed by atoms with Crippen molar-refractivity contribution < 1.29 is 27.5 Å². The first-order valence-electron chi connectivity index (χ1n) is 11.2. The van der Waals surface area contributed by atoms with Gasteiger partial charge in [-0.15, -0.1) is 13.2 Å². The maximum absolute atomic E-state index is 13.0. The minimum atomic E-state index is -4.78. The summed E-state index contributed by atoms with van der Waals surface area (Å²) in [6.07, 6.45) is -3.06. The lowest BCUT2D eigenvalue weighted by Gasteiger charge is -2.25. The van der Waals surface area contributed by atoms with Crippen molar-refractivity contribution in [2.45, 2.75) is 31.7 Å². The number of ketones is 2. The first kappa shape index (κ1) is 22.7. The van der Waals surface area contributed by atoms with Gasteiger partial charge in [-0.05, 0) is 48.7 Å². The Balaban J connectivity index is 1.52. The van der Waals surface area contributed by atoms with Gasteiger partial charge in [0.05, 0.1) is 17.4 Å². The molecule has 3 aromatic carbocycles. The highest BCUT2D eigenvalue weighted by atomic mass is 19.4. The van der Waals surface area contributed by atoms with Crippen molar-refractivity contribution in [3.63, 3.8) is 0 Å². The fraction of sp³-hybridized carbons (Fsp3) is 0.185. The summed E-state index contributed by atoms with van der Waals surface area (Å²) in [6.45, 7) is 0. The number of halogens is 3. The molecule has 3 aromatic rings. The summed E-state index contributed by atoms with van der Waals surface area (Å²) in [5, 5.41) is 6.71. The zero-order valence-electron chi connectivity index (χ0n) is 18.5. The van der Waals surface area contributed by atoms with Gasteiger partial charge >= 0.3 is 6.36 Å². The molecule has 0 fully saturated rings. The van der Waals surface area contributed by atoms with Crippen molar-refractivity contribution in [2.24, 2.45) is 0 Å². The molecule has 0 aromatic heterocycles. The molecule has 0 bridgehead atoms. The van der Waals surface area contributed by atoms with Gasteiger partial charge in [0.1, 0.15) is 5.75 Å². The molecule has 0 saturated heterocycles. The summed E-state index contributed by atoms with van der Waals surface area (Å²) in [4.78, 5) is 25.9. The van der Waals surface area contributed by atoms with Crippen LogP contribution in [0.25, 0.3) is 0 Å². The number of carbonyl (C=O) groups excluding carboxylic acids is 2. The molecule has 0 spiro atoms. The number of nitrogens with one attached hydrogen (secondary N) is 2. The van der Waals surface area contributed by atoms with Crippen LogP contribution in [0.5, 0.6) is 5.75 Å². The van der Waals surface area contributed by atoms with E-state index in [0.717, 1.165) is 5.70 Å². The molecule has 5 nitrogen and oxygen atoms in total. The normalized spacial score (nSPS) is 17.5. The largest absolute Gasteiger partial charge is 0.573 e. The number of Topliss-reactive ketones (excluding diaryl/α,β-unsaturated/α-hetero) is 1. The van der Waals surface area contributed by atoms with Gasteiger partial charge in [-0.1, -0.05) is 42.5 Å². The van der Waals surface area contributed by atoms with Gasteiger partial charge in [-0.3, -0.25) is 9.59 Å². The third-order valence-corrected chi connectivity index (χ3v) is 6.09. The maximum Gasteiger partial charge on any atom is 0.573 e. The van der Waals surface area contributed by atoms with Crippen molar-refractivity contribution in [3.05, 3.63) is 101 Å². The van der Waals surface area contributed by atoms with Gasteiger partial charge in [0.25, 0.3) is 0 Å². The van der Waals surface area contributed by atoms with E-state index >= 15 is 0 Å². The number of fused-ring (bicyclic) bond motifs is 1. The van der Waals surface area contributed by atoms with Crippen molar-refractivity contribution in [3.8, 4) is 5.75 Å². The molecule has 1 aliphatic heterocycles. The maximum atomic E-state index is 13.0. The predicted octanol–water partition coefficient (Wildman–Crippen LogP) is 6.40. The monoisotopic (exact) mass is 478 g/mol. The number of allylic oxidation sites excluding steroid dienone is 1. The van der Waals surface area contributed by atoms with Crippen LogP contribution in [0, 0.1) is 0 Å². The van der Waals surface area contributed by atoms with Crippen LogP contribution in [0.2, 0.25) is 0 Å². The molecule has 0 saturated carbocycles. The zero-order valence-corrected chi connectivity index (χ0v) is 18.5. The Morgan fingerprint density at radius 3 is 2.34 bits per heavy atom. The summed E-state index contributed by atoms with van der Waals surface area (Å²) in [6, 6.07) is 19.1. The van der Waals surface area contributed by atoms with Crippen LogP contribution in [0.1, 0.15) is 46.8 Å². The second-order valence-corrected chi connectivity index (χ2v) is 8.44. The molecule has 0 radical (unpaired) electrons. The molecule has 178 valence electrons. The van der Waals surface area contributed by atoms with Gasteiger partial charge in [-0.2, -0.15) is 0 Å². The summed E-state index contributed by atoms with van der Waals surface area (Å²) in [5.41, 5.74) is 4.33. The Hall–Kier alpha value is -4.07. The summed E-state index contributed by atoms with van der Waals surface area (Å²) in [5.74, 6) is -0.480. The van der Waals surface area contributed by atoms with E-state index in [9.17, 15) is 22.8 Å². The average molecular weight is 478 g/mol. The Morgan fingerprint density at radius 1 is 0.886 bits per heavy atom. The third-order valence-electron chi connectivity index (χ3n) is 6.09. The Morgan fingerprint density at radius 2 is 1.63 bits per heavy atom. The highest BCUT2D eigenvalue weighted by Crippen LogP contribution is 2.41. The van der Waals surface area contributed by atoms with Crippen LogP contribution in [0.4, 0.5) is 24.5 Å². The first-order chi connectivity index (χ1) is 16.8. The van der Waals surface area contributed by atoms with Gasteiger partial charge in [0.15, 0.2) is 11.6 Å². The van der Waals surface area contributed by atoms with Crippen LogP contribution >= 0.6 is 0 Å². The van der Waals surface area contributed by atoms with Crippen LogP contribution in [0.15, 0.2) is 84.1 Å². The second kappa shape index (κ2) is 8.94. The molecule has 35 heavy (non-hydrogen) atoms. The van der Waals surface area contributed by atoms with Crippen molar-refractivity contribution >= 4 is 22.9 Å². The number of ether oxygens (including phenoxy) is 1. The number of rotatable bonds is 4. The topological polar surface area (TPSA) is 67.4 Å². The number of carbonyl (C=O) groups is 2. The quantitative estimate of drug-likeness (QED) is 0.425.